The standard InChI is InChI=1S/C27H34F2N6/c1-18-11-22-21(4-6-24-23(22)14-32-33-24)26(35(18)17-27(29)7-8-27)25-5-3-20(13-31-25)30-12-19-15-34(16-19)10-2-9-28/h3-6,13-14,18-19,26,30H,2,7-12,15-17H2,1H3,(H,32,33)/t18-,26+/m1/s1. The molecule has 186 valence electrons. The van der Waals surface area contributed by atoms with E-state index in [2.05, 4.69) is 56.5 Å². The highest BCUT2D eigenvalue weighted by atomic mass is 19.1. The van der Waals surface area contributed by atoms with Crippen LogP contribution in [0.2, 0.25) is 0 Å². The van der Waals surface area contributed by atoms with Gasteiger partial charge in [0.05, 0.1) is 42.0 Å². The lowest BCUT2D eigenvalue weighted by Crippen LogP contribution is -2.49. The molecule has 6 rings (SSSR count). The van der Waals surface area contributed by atoms with Gasteiger partial charge in [0, 0.05) is 50.1 Å². The maximum Gasteiger partial charge on any atom is 0.124 e. The molecule has 0 spiro atoms. The van der Waals surface area contributed by atoms with Gasteiger partial charge in [-0.25, -0.2) is 4.39 Å². The molecule has 1 saturated heterocycles. The molecule has 1 aromatic carbocycles. The van der Waals surface area contributed by atoms with E-state index in [-0.39, 0.29) is 18.8 Å². The summed E-state index contributed by atoms with van der Waals surface area (Å²) in [5.41, 5.74) is 4.43. The number of H-pyrrole nitrogens is 1. The van der Waals surface area contributed by atoms with Gasteiger partial charge in [-0.3, -0.25) is 19.4 Å². The van der Waals surface area contributed by atoms with Gasteiger partial charge in [-0.05, 0) is 61.9 Å². The van der Waals surface area contributed by atoms with E-state index in [9.17, 15) is 8.78 Å². The number of aromatic amines is 1. The van der Waals surface area contributed by atoms with Crippen molar-refractivity contribution in [3.8, 4) is 0 Å². The average Bonchev–Trinajstić information content (AvgIpc) is 3.36. The first kappa shape index (κ1) is 22.9. The molecular weight excluding hydrogens is 446 g/mol. The second-order valence-electron chi connectivity index (χ2n) is 10.8. The van der Waals surface area contributed by atoms with Crippen molar-refractivity contribution in [2.45, 2.75) is 50.4 Å². The molecule has 0 radical (unpaired) electrons. The zero-order chi connectivity index (χ0) is 24.0. The zero-order valence-electron chi connectivity index (χ0n) is 20.3. The number of aromatic nitrogens is 3. The second-order valence-corrected chi connectivity index (χ2v) is 10.8. The second kappa shape index (κ2) is 9.13. The molecule has 8 heteroatoms. The Morgan fingerprint density at radius 3 is 2.77 bits per heavy atom. The summed E-state index contributed by atoms with van der Waals surface area (Å²) in [6.07, 6.45) is 6.62. The number of alkyl halides is 2. The summed E-state index contributed by atoms with van der Waals surface area (Å²) in [7, 11) is 0. The van der Waals surface area contributed by atoms with Crippen LogP contribution in [-0.2, 0) is 6.42 Å². The highest BCUT2D eigenvalue weighted by Gasteiger charge is 2.48. The van der Waals surface area contributed by atoms with Crippen molar-refractivity contribution < 1.29 is 8.78 Å². The molecule has 2 N–H and O–H groups in total. The van der Waals surface area contributed by atoms with Gasteiger partial charge in [-0.1, -0.05) is 6.07 Å². The molecule has 3 aliphatic rings. The lowest BCUT2D eigenvalue weighted by Gasteiger charge is -2.42. The van der Waals surface area contributed by atoms with Crippen LogP contribution in [0.4, 0.5) is 14.5 Å². The monoisotopic (exact) mass is 480 g/mol. The maximum atomic E-state index is 15.0. The third-order valence-corrected chi connectivity index (χ3v) is 8.02. The Bertz CT molecular complexity index is 1170. The number of hydrogen-bond donors (Lipinski definition) is 2. The third-order valence-electron chi connectivity index (χ3n) is 8.02. The number of rotatable bonds is 9. The van der Waals surface area contributed by atoms with E-state index in [1.54, 1.807) is 0 Å². The Hall–Kier alpha value is -2.58. The topological polar surface area (TPSA) is 60.1 Å². The minimum absolute atomic E-state index is 0.0778. The lowest BCUT2D eigenvalue weighted by atomic mass is 9.84. The van der Waals surface area contributed by atoms with Gasteiger partial charge in [0.1, 0.15) is 5.67 Å². The molecule has 2 atom stereocenters. The van der Waals surface area contributed by atoms with Crippen LogP contribution in [-0.4, -0.2) is 76.1 Å². The van der Waals surface area contributed by atoms with E-state index >= 15 is 0 Å². The molecule has 2 aliphatic heterocycles. The normalized spacial score (nSPS) is 24.3. The van der Waals surface area contributed by atoms with Gasteiger partial charge in [0.2, 0.25) is 0 Å². The van der Waals surface area contributed by atoms with Gasteiger partial charge in [0.25, 0.3) is 0 Å². The first-order chi connectivity index (χ1) is 17.0. The number of hydrogen-bond acceptors (Lipinski definition) is 5. The van der Waals surface area contributed by atoms with E-state index < -0.39 is 5.67 Å². The molecule has 0 bridgehead atoms. The Labute approximate surface area is 205 Å². The van der Waals surface area contributed by atoms with Crippen LogP contribution in [0, 0.1) is 5.92 Å². The van der Waals surface area contributed by atoms with E-state index in [0.717, 1.165) is 54.9 Å². The Morgan fingerprint density at radius 2 is 2.03 bits per heavy atom. The average molecular weight is 481 g/mol. The molecule has 2 aromatic heterocycles. The molecule has 6 nitrogen and oxygen atoms in total. The summed E-state index contributed by atoms with van der Waals surface area (Å²) in [5.74, 6) is 0.590. The summed E-state index contributed by atoms with van der Waals surface area (Å²) in [4.78, 5) is 9.50. The molecule has 2 fully saturated rings. The number of nitrogens with one attached hydrogen (secondary N) is 2. The molecule has 4 heterocycles. The van der Waals surface area contributed by atoms with Crippen molar-refractivity contribution in [1.29, 1.82) is 0 Å². The first-order valence-electron chi connectivity index (χ1n) is 12.9. The number of anilines is 1. The summed E-state index contributed by atoms with van der Waals surface area (Å²) < 4.78 is 27.3. The van der Waals surface area contributed by atoms with Gasteiger partial charge < -0.3 is 10.2 Å². The van der Waals surface area contributed by atoms with E-state index in [0.29, 0.717) is 31.7 Å². The minimum atomic E-state index is -1.06. The summed E-state index contributed by atoms with van der Waals surface area (Å²) >= 11 is 0. The molecule has 1 saturated carbocycles. The smallest absolute Gasteiger partial charge is 0.124 e. The van der Waals surface area contributed by atoms with E-state index in [1.807, 2.05) is 12.4 Å². The van der Waals surface area contributed by atoms with Crippen molar-refractivity contribution in [2.24, 2.45) is 5.92 Å². The number of nitrogens with zero attached hydrogens (tertiary/aromatic N) is 4. The van der Waals surface area contributed by atoms with Gasteiger partial charge >= 0.3 is 0 Å². The Kier molecular flexibility index (Phi) is 5.96. The maximum absolute atomic E-state index is 15.0. The number of halogens is 2. The largest absolute Gasteiger partial charge is 0.383 e. The predicted octanol–water partition coefficient (Wildman–Crippen LogP) is 4.50. The van der Waals surface area contributed by atoms with Gasteiger partial charge in [-0.2, -0.15) is 5.10 Å². The molecule has 3 aromatic rings. The van der Waals surface area contributed by atoms with Crippen LogP contribution in [0.15, 0.2) is 36.7 Å². The molecule has 35 heavy (non-hydrogen) atoms. The molecule has 0 amide bonds. The van der Waals surface area contributed by atoms with Crippen LogP contribution in [0.1, 0.15) is 49.0 Å². The predicted molar refractivity (Wildman–Crippen MR) is 134 cm³/mol. The van der Waals surface area contributed by atoms with Gasteiger partial charge in [-0.15, -0.1) is 0 Å². The first-order valence-corrected chi connectivity index (χ1v) is 12.9. The number of pyridine rings is 1. The number of benzene rings is 1. The zero-order valence-corrected chi connectivity index (χ0v) is 20.3. The summed E-state index contributed by atoms with van der Waals surface area (Å²) in [6, 6.07) is 8.56. The minimum Gasteiger partial charge on any atom is -0.383 e. The van der Waals surface area contributed by atoms with E-state index in [1.165, 1.54) is 11.1 Å². The van der Waals surface area contributed by atoms with Crippen molar-refractivity contribution in [1.82, 2.24) is 25.0 Å². The fourth-order valence-corrected chi connectivity index (χ4v) is 5.83. The number of likely N-dealkylation sites (tertiary alicyclic amines) is 1. The Balaban J connectivity index is 1.21. The highest BCUT2D eigenvalue weighted by Crippen LogP contribution is 2.46. The fraction of sp³-hybridized carbons (Fsp3) is 0.556. The van der Waals surface area contributed by atoms with E-state index in [4.69, 9.17) is 4.98 Å². The van der Waals surface area contributed by atoms with Gasteiger partial charge in [0.15, 0.2) is 0 Å². The summed E-state index contributed by atoms with van der Waals surface area (Å²) in [6.45, 7) is 6.21. The Morgan fingerprint density at radius 1 is 1.17 bits per heavy atom. The van der Waals surface area contributed by atoms with Crippen LogP contribution in [0.25, 0.3) is 10.9 Å². The van der Waals surface area contributed by atoms with Crippen molar-refractivity contribution >= 4 is 16.6 Å². The SMILES string of the molecule is C[C@@H]1Cc2c(ccc3[nH]ncc23)[C@@H](c2ccc(NCC3CN(CCCF)C3)cn2)N1CC1(F)CC1. The van der Waals surface area contributed by atoms with Crippen LogP contribution >= 0.6 is 0 Å². The quantitative estimate of drug-likeness (QED) is 0.472. The van der Waals surface area contributed by atoms with Crippen LogP contribution in [0.3, 0.4) is 0 Å². The fourth-order valence-electron chi connectivity index (χ4n) is 5.83. The summed E-state index contributed by atoms with van der Waals surface area (Å²) in [5, 5.41) is 12.0. The number of fused-ring (bicyclic) bond motifs is 3. The van der Waals surface area contributed by atoms with Crippen molar-refractivity contribution in [3.63, 3.8) is 0 Å². The molecule has 1 aliphatic carbocycles. The lowest BCUT2D eigenvalue weighted by molar-refractivity contribution is 0.0968. The van der Waals surface area contributed by atoms with Crippen LogP contribution < -0.4 is 5.32 Å². The highest BCUT2D eigenvalue weighted by molar-refractivity contribution is 5.83. The molecular formula is C27H34F2N6. The van der Waals surface area contributed by atoms with Crippen molar-refractivity contribution in [2.75, 3.05) is 44.7 Å². The van der Waals surface area contributed by atoms with Crippen LogP contribution in [0.5, 0.6) is 0 Å². The third kappa shape index (κ3) is 4.54. The van der Waals surface area contributed by atoms with Crippen molar-refractivity contribution in [3.05, 3.63) is 53.5 Å². The molecule has 0 unspecified atom stereocenters.